The summed E-state index contributed by atoms with van der Waals surface area (Å²) in [5.41, 5.74) is 2.25. The maximum absolute atomic E-state index is 12.4. The van der Waals surface area contributed by atoms with Crippen LogP contribution >= 0.6 is 0 Å². The highest BCUT2D eigenvalue weighted by molar-refractivity contribution is 5.95. The Morgan fingerprint density at radius 1 is 1.05 bits per heavy atom. The van der Waals surface area contributed by atoms with Gasteiger partial charge < -0.3 is 10.0 Å². The number of benzene rings is 2. The second kappa shape index (κ2) is 5.93. The van der Waals surface area contributed by atoms with Gasteiger partial charge in [0.2, 0.25) is 0 Å². The Hall–Kier alpha value is -2.13. The number of carbonyl (C=O) groups is 1. The third-order valence-electron chi connectivity index (χ3n) is 4.21. The lowest BCUT2D eigenvalue weighted by atomic mass is 9.88. The van der Waals surface area contributed by atoms with Crippen molar-refractivity contribution in [2.24, 2.45) is 0 Å². The van der Waals surface area contributed by atoms with Crippen molar-refractivity contribution in [3.05, 3.63) is 60.2 Å². The summed E-state index contributed by atoms with van der Waals surface area (Å²) in [6.45, 7) is 2.94. The van der Waals surface area contributed by atoms with Crippen LogP contribution in [0.2, 0.25) is 0 Å². The van der Waals surface area contributed by atoms with E-state index in [0.717, 1.165) is 24.0 Å². The molecule has 1 N–H and O–H groups in total. The van der Waals surface area contributed by atoms with Crippen LogP contribution in [-0.4, -0.2) is 34.6 Å². The van der Waals surface area contributed by atoms with Crippen LogP contribution in [0.5, 0.6) is 0 Å². The summed E-state index contributed by atoms with van der Waals surface area (Å²) in [6.07, 6.45) is 1.69. The number of aliphatic hydroxyl groups is 1. The number of amides is 1. The van der Waals surface area contributed by atoms with Gasteiger partial charge >= 0.3 is 0 Å². The van der Waals surface area contributed by atoms with E-state index in [1.165, 1.54) is 0 Å². The average molecular weight is 295 g/mol. The van der Waals surface area contributed by atoms with Crippen molar-refractivity contribution < 1.29 is 9.90 Å². The third-order valence-corrected chi connectivity index (χ3v) is 4.21. The standard InChI is InChI=1S/C19H21NO2/c1-2-12-19(22)13-20(14-19)18(21)17-10-8-16(9-11-17)15-6-4-3-5-7-15/h3-11,22H,2,12-14H2,1H3. The van der Waals surface area contributed by atoms with Crippen LogP contribution in [0.3, 0.4) is 0 Å². The predicted octanol–water partition coefficient (Wildman–Crippen LogP) is 3.34. The maximum Gasteiger partial charge on any atom is 0.254 e. The van der Waals surface area contributed by atoms with Crippen LogP contribution in [0, 0.1) is 0 Å². The molecule has 1 aliphatic rings. The van der Waals surface area contributed by atoms with Gasteiger partial charge in [-0.1, -0.05) is 55.8 Å². The van der Waals surface area contributed by atoms with Crippen LogP contribution in [0.4, 0.5) is 0 Å². The molecule has 0 spiro atoms. The van der Waals surface area contributed by atoms with Crippen LogP contribution < -0.4 is 0 Å². The van der Waals surface area contributed by atoms with E-state index in [-0.39, 0.29) is 5.91 Å². The molecule has 1 amide bonds. The molecule has 2 aromatic carbocycles. The lowest BCUT2D eigenvalue weighted by Crippen LogP contribution is -2.63. The van der Waals surface area contributed by atoms with Gasteiger partial charge in [0.25, 0.3) is 5.91 Å². The lowest BCUT2D eigenvalue weighted by Gasteiger charge is -2.46. The van der Waals surface area contributed by atoms with Crippen LogP contribution in [0.15, 0.2) is 54.6 Å². The molecule has 0 aromatic heterocycles. The van der Waals surface area contributed by atoms with Gasteiger partial charge in [0, 0.05) is 5.56 Å². The molecule has 0 atom stereocenters. The molecule has 0 unspecified atom stereocenters. The highest BCUT2D eigenvalue weighted by atomic mass is 16.3. The molecule has 2 aromatic rings. The highest BCUT2D eigenvalue weighted by Gasteiger charge is 2.42. The first-order valence-electron chi connectivity index (χ1n) is 7.78. The Kier molecular flexibility index (Phi) is 3.99. The number of carbonyl (C=O) groups excluding carboxylic acids is 1. The summed E-state index contributed by atoms with van der Waals surface area (Å²) in [5.74, 6) is 0.000361. The van der Waals surface area contributed by atoms with Crippen molar-refractivity contribution in [3.8, 4) is 11.1 Å². The first-order chi connectivity index (χ1) is 10.6. The smallest absolute Gasteiger partial charge is 0.254 e. The zero-order valence-electron chi connectivity index (χ0n) is 12.8. The minimum Gasteiger partial charge on any atom is -0.386 e. The molecule has 0 radical (unpaired) electrons. The number of β-amino-alcohol motifs (C(OH)–C–C–N with tert-alkyl or cyclic N) is 1. The van der Waals surface area contributed by atoms with E-state index in [1.807, 2.05) is 49.4 Å². The Balaban J connectivity index is 1.68. The molecule has 3 heteroatoms. The Morgan fingerprint density at radius 2 is 1.64 bits per heavy atom. The monoisotopic (exact) mass is 295 g/mol. The van der Waals surface area contributed by atoms with E-state index in [0.29, 0.717) is 18.7 Å². The number of hydrogen-bond acceptors (Lipinski definition) is 2. The van der Waals surface area contributed by atoms with E-state index >= 15 is 0 Å². The summed E-state index contributed by atoms with van der Waals surface area (Å²) in [4.78, 5) is 14.1. The molecule has 3 rings (SSSR count). The normalized spacial score (nSPS) is 16.2. The number of nitrogens with zero attached hydrogens (tertiary/aromatic N) is 1. The van der Waals surface area contributed by atoms with Crippen LogP contribution in [-0.2, 0) is 0 Å². The zero-order chi connectivity index (χ0) is 15.6. The fraction of sp³-hybridized carbons (Fsp3) is 0.316. The Labute approximate surface area is 131 Å². The predicted molar refractivity (Wildman–Crippen MR) is 87.6 cm³/mol. The number of rotatable bonds is 4. The van der Waals surface area contributed by atoms with Gasteiger partial charge in [-0.15, -0.1) is 0 Å². The minimum absolute atomic E-state index is 0.000361. The van der Waals surface area contributed by atoms with Gasteiger partial charge in [-0.25, -0.2) is 0 Å². The molecule has 0 bridgehead atoms. The molecule has 114 valence electrons. The van der Waals surface area contributed by atoms with Gasteiger partial charge in [-0.05, 0) is 29.7 Å². The SMILES string of the molecule is CCCC1(O)CN(C(=O)c2ccc(-c3ccccc3)cc2)C1. The Morgan fingerprint density at radius 3 is 2.23 bits per heavy atom. The van der Waals surface area contributed by atoms with Crippen molar-refractivity contribution >= 4 is 5.91 Å². The first kappa shape index (κ1) is 14.8. The van der Waals surface area contributed by atoms with E-state index < -0.39 is 5.60 Å². The van der Waals surface area contributed by atoms with Crippen molar-refractivity contribution in [2.45, 2.75) is 25.4 Å². The van der Waals surface area contributed by atoms with Crippen molar-refractivity contribution in [1.82, 2.24) is 4.90 Å². The second-order valence-corrected chi connectivity index (χ2v) is 6.08. The maximum atomic E-state index is 12.4. The molecule has 1 saturated heterocycles. The topological polar surface area (TPSA) is 40.5 Å². The molecule has 1 heterocycles. The highest BCUT2D eigenvalue weighted by Crippen LogP contribution is 2.28. The molecular formula is C19H21NO2. The first-order valence-corrected chi connectivity index (χ1v) is 7.78. The largest absolute Gasteiger partial charge is 0.386 e. The van der Waals surface area contributed by atoms with Gasteiger partial charge in [0.15, 0.2) is 0 Å². The number of likely N-dealkylation sites (tertiary alicyclic amines) is 1. The van der Waals surface area contributed by atoms with Crippen LogP contribution in [0.1, 0.15) is 30.1 Å². The van der Waals surface area contributed by atoms with E-state index in [4.69, 9.17) is 0 Å². The van der Waals surface area contributed by atoms with Crippen LogP contribution in [0.25, 0.3) is 11.1 Å². The molecular weight excluding hydrogens is 274 g/mol. The molecule has 0 aliphatic carbocycles. The minimum atomic E-state index is -0.672. The van der Waals surface area contributed by atoms with Crippen molar-refractivity contribution in [3.63, 3.8) is 0 Å². The lowest BCUT2D eigenvalue weighted by molar-refractivity contribution is -0.0860. The molecule has 3 nitrogen and oxygen atoms in total. The summed E-state index contributed by atoms with van der Waals surface area (Å²) in [5, 5.41) is 10.2. The molecule has 0 saturated carbocycles. The fourth-order valence-corrected chi connectivity index (χ4v) is 3.05. The van der Waals surface area contributed by atoms with Gasteiger partial charge in [0.05, 0.1) is 18.7 Å². The fourth-order valence-electron chi connectivity index (χ4n) is 3.05. The second-order valence-electron chi connectivity index (χ2n) is 6.08. The summed E-state index contributed by atoms with van der Waals surface area (Å²) < 4.78 is 0. The Bertz CT molecular complexity index is 643. The number of hydrogen-bond donors (Lipinski definition) is 1. The summed E-state index contributed by atoms with van der Waals surface area (Å²) in [7, 11) is 0. The average Bonchev–Trinajstić information content (AvgIpc) is 2.53. The summed E-state index contributed by atoms with van der Waals surface area (Å²) in [6, 6.07) is 17.8. The van der Waals surface area contributed by atoms with Crippen molar-refractivity contribution in [1.29, 1.82) is 0 Å². The third kappa shape index (κ3) is 2.90. The van der Waals surface area contributed by atoms with E-state index in [2.05, 4.69) is 12.1 Å². The van der Waals surface area contributed by atoms with Crippen molar-refractivity contribution in [2.75, 3.05) is 13.1 Å². The zero-order valence-corrected chi connectivity index (χ0v) is 12.8. The van der Waals surface area contributed by atoms with E-state index in [9.17, 15) is 9.90 Å². The van der Waals surface area contributed by atoms with E-state index in [1.54, 1.807) is 4.90 Å². The quantitative estimate of drug-likeness (QED) is 0.940. The molecule has 1 fully saturated rings. The molecule has 1 aliphatic heterocycles. The van der Waals surface area contributed by atoms with Gasteiger partial charge in [-0.3, -0.25) is 4.79 Å². The summed E-state index contributed by atoms with van der Waals surface area (Å²) >= 11 is 0. The molecule has 22 heavy (non-hydrogen) atoms. The van der Waals surface area contributed by atoms with Gasteiger partial charge in [0.1, 0.15) is 0 Å². The van der Waals surface area contributed by atoms with Gasteiger partial charge in [-0.2, -0.15) is 0 Å².